The third-order valence-corrected chi connectivity index (χ3v) is 5.93. The molecule has 0 aliphatic rings. The Labute approximate surface area is 227 Å². The first kappa shape index (κ1) is 30.4. The van der Waals surface area contributed by atoms with Crippen molar-refractivity contribution in [3.63, 3.8) is 0 Å². The van der Waals surface area contributed by atoms with Crippen LogP contribution in [0.15, 0.2) is 54.6 Å². The van der Waals surface area contributed by atoms with Crippen LogP contribution in [-0.2, 0) is 20.7 Å². The topological polar surface area (TPSA) is 87.7 Å². The minimum Gasteiger partial charge on any atom is -0.444 e. The smallest absolute Gasteiger partial charge is 0.408 e. The summed E-state index contributed by atoms with van der Waals surface area (Å²) in [4.78, 5) is 41.8. The molecule has 204 valence electrons. The number of amides is 3. The number of carbonyl (C=O) groups excluding carboxylic acids is 3. The summed E-state index contributed by atoms with van der Waals surface area (Å²) < 4.78 is 5.44. The fraction of sp³-hybridized carbons (Fsp3) is 0.452. The van der Waals surface area contributed by atoms with Crippen LogP contribution in [-0.4, -0.2) is 47.5 Å². The highest BCUT2D eigenvalue weighted by Gasteiger charge is 2.35. The number of benzene rings is 2. The maximum atomic E-state index is 14.0. The molecule has 0 spiro atoms. The molecule has 0 radical (unpaired) electrons. The first-order valence-corrected chi connectivity index (χ1v) is 13.3. The first-order chi connectivity index (χ1) is 18.1. The van der Waals surface area contributed by atoms with Gasteiger partial charge in [-0.15, -0.1) is 6.42 Å². The van der Waals surface area contributed by atoms with Crippen molar-refractivity contribution < 1.29 is 19.1 Å². The minimum atomic E-state index is -0.937. The Morgan fingerprint density at radius 3 is 2.21 bits per heavy atom. The Hall–Kier alpha value is -3.79. The van der Waals surface area contributed by atoms with Crippen LogP contribution in [0, 0.1) is 12.3 Å². The predicted molar refractivity (Wildman–Crippen MR) is 150 cm³/mol. The Balaban J connectivity index is 2.42. The zero-order chi connectivity index (χ0) is 28.1. The molecule has 0 heterocycles. The lowest BCUT2D eigenvalue weighted by Crippen LogP contribution is -2.53. The fourth-order valence-corrected chi connectivity index (χ4v) is 4.08. The summed E-state index contributed by atoms with van der Waals surface area (Å²) in [5, 5.41) is 5.74. The number of hydrogen-bond donors (Lipinski definition) is 2. The summed E-state index contributed by atoms with van der Waals surface area (Å²) in [7, 11) is 0. The summed E-state index contributed by atoms with van der Waals surface area (Å²) in [5.74, 6) is 1.92. The molecule has 2 aromatic carbocycles. The summed E-state index contributed by atoms with van der Waals surface area (Å²) in [5.41, 5.74) is 1.47. The second-order valence-corrected chi connectivity index (χ2v) is 10.2. The highest BCUT2D eigenvalue weighted by Crippen LogP contribution is 2.24. The number of nitrogens with one attached hydrogen (secondary N) is 2. The van der Waals surface area contributed by atoms with Gasteiger partial charge in [0.15, 0.2) is 0 Å². The maximum Gasteiger partial charge on any atom is 0.408 e. The standard InChI is InChI=1S/C31H41N3O4/c1-7-10-14-21-32-28(35)27(25-19-17-23(8-2)18-20-25)34(9-3)29(36)26(22-24-15-12-11-13-16-24)33-30(37)38-31(4,5)6/h2,11-13,15-20,26-27H,7,9-10,14,21-22H2,1,3-6H3,(H,32,35)(H,33,37). The van der Waals surface area contributed by atoms with Gasteiger partial charge in [-0.25, -0.2) is 4.79 Å². The highest BCUT2D eigenvalue weighted by molar-refractivity contribution is 5.92. The zero-order valence-corrected chi connectivity index (χ0v) is 23.3. The minimum absolute atomic E-state index is 0.246. The molecule has 0 aliphatic carbocycles. The molecule has 2 unspecified atom stereocenters. The average Bonchev–Trinajstić information content (AvgIpc) is 2.88. The summed E-state index contributed by atoms with van der Waals surface area (Å²) in [6, 6.07) is 14.7. The first-order valence-electron chi connectivity index (χ1n) is 13.3. The van der Waals surface area contributed by atoms with Gasteiger partial charge in [0.25, 0.3) is 0 Å². The molecular formula is C31H41N3O4. The summed E-state index contributed by atoms with van der Waals surface area (Å²) >= 11 is 0. The van der Waals surface area contributed by atoms with Crippen molar-refractivity contribution in [2.75, 3.05) is 13.1 Å². The SMILES string of the molecule is C#Cc1ccc(C(C(=O)NCCCCC)N(CC)C(=O)C(Cc2ccccc2)NC(=O)OC(C)(C)C)cc1. The lowest BCUT2D eigenvalue weighted by Gasteiger charge is -2.34. The number of ether oxygens (including phenoxy) is 1. The summed E-state index contributed by atoms with van der Waals surface area (Å²) in [6.07, 6.45) is 7.95. The predicted octanol–water partition coefficient (Wildman–Crippen LogP) is 5.00. The molecule has 2 atom stereocenters. The quantitative estimate of drug-likeness (QED) is 0.305. The van der Waals surface area contributed by atoms with Crippen molar-refractivity contribution in [1.29, 1.82) is 0 Å². The fourth-order valence-electron chi connectivity index (χ4n) is 4.08. The third-order valence-electron chi connectivity index (χ3n) is 5.93. The number of carbonyl (C=O) groups is 3. The number of terminal acetylenes is 1. The Morgan fingerprint density at radius 2 is 1.66 bits per heavy atom. The largest absolute Gasteiger partial charge is 0.444 e. The van der Waals surface area contributed by atoms with E-state index < -0.39 is 23.8 Å². The summed E-state index contributed by atoms with van der Waals surface area (Å²) in [6.45, 7) is 9.97. The van der Waals surface area contributed by atoms with E-state index in [2.05, 4.69) is 23.5 Å². The van der Waals surface area contributed by atoms with Gasteiger partial charge >= 0.3 is 6.09 Å². The molecule has 0 fully saturated rings. The van der Waals surface area contributed by atoms with Crippen molar-refractivity contribution in [3.8, 4) is 12.3 Å². The molecule has 0 saturated heterocycles. The molecule has 0 bridgehead atoms. The number of rotatable bonds is 12. The molecule has 2 aromatic rings. The van der Waals surface area contributed by atoms with Crippen LogP contribution in [0.1, 0.15) is 76.6 Å². The van der Waals surface area contributed by atoms with Crippen LogP contribution in [0.25, 0.3) is 0 Å². The van der Waals surface area contributed by atoms with E-state index in [4.69, 9.17) is 11.2 Å². The second-order valence-electron chi connectivity index (χ2n) is 10.2. The maximum absolute atomic E-state index is 14.0. The second kappa shape index (κ2) is 14.8. The van der Waals surface area contributed by atoms with Crippen LogP contribution in [0.3, 0.4) is 0 Å². The molecular weight excluding hydrogens is 478 g/mol. The van der Waals surface area contributed by atoms with Gasteiger partial charge in [0, 0.05) is 25.1 Å². The van der Waals surface area contributed by atoms with Gasteiger partial charge < -0.3 is 20.3 Å². The monoisotopic (exact) mass is 519 g/mol. The van der Waals surface area contributed by atoms with Gasteiger partial charge in [-0.1, -0.05) is 68.2 Å². The molecule has 2 rings (SSSR count). The van der Waals surface area contributed by atoms with E-state index in [-0.39, 0.29) is 24.8 Å². The molecule has 38 heavy (non-hydrogen) atoms. The van der Waals surface area contributed by atoms with E-state index in [0.29, 0.717) is 17.7 Å². The lowest BCUT2D eigenvalue weighted by atomic mass is 9.99. The number of hydrogen-bond acceptors (Lipinski definition) is 4. The number of likely N-dealkylation sites (N-methyl/N-ethyl adjacent to an activating group) is 1. The number of nitrogens with zero attached hydrogens (tertiary/aromatic N) is 1. The normalized spacial score (nSPS) is 12.5. The van der Waals surface area contributed by atoms with E-state index >= 15 is 0 Å². The zero-order valence-electron chi connectivity index (χ0n) is 23.3. The van der Waals surface area contributed by atoms with Crippen LogP contribution in [0.2, 0.25) is 0 Å². The number of alkyl carbamates (subject to hydrolysis) is 1. The molecule has 7 heteroatoms. The van der Waals surface area contributed by atoms with E-state index in [1.165, 1.54) is 4.90 Å². The van der Waals surface area contributed by atoms with Crippen LogP contribution in [0.4, 0.5) is 4.79 Å². The van der Waals surface area contributed by atoms with E-state index in [1.54, 1.807) is 45.0 Å². The van der Waals surface area contributed by atoms with Crippen LogP contribution < -0.4 is 10.6 Å². The molecule has 0 aliphatic heterocycles. The van der Waals surface area contributed by atoms with E-state index in [1.807, 2.05) is 37.3 Å². The van der Waals surface area contributed by atoms with Crippen molar-refractivity contribution in [1.82, 2.24) is 15.5 Å². The Morgan fingerprint density at radius 1 is 1.00 bits per heavy atom. The van der Waals surface area contributed by atoms with Crippen molar-refractivity contribution >= 4 is 17.9 Å². The van der Waals surface area contributed by atoms with Gasteiger partial charge in [-0.2, -0.15) is 0 Å². The van der Waals surface area contributed by atoms with Gasteiger partial charge in [0.05, 0.1) is 0 Å². The lowest BCUT2D eigenvalue weighted by molar-refractivity contribution is -0.142. The van der Waals surface area contributed by atoms with Gasteiger partial charge in [0.2, 0.25) is 11.8 Å². The van der Waals surface area contributed by atoms with Gasteiger partial charge in [-0.3, -0.25) is 9.59 Å². The van der Waals surface area contributed by atoms with E-state index in [0.717, 1.165) is 24.8 Å². The molecule has 7 nitrogen and oxygen atoms in total. The van der Waals surface area contributed by atoms with E-state index in [9.17, 15) is 14.4 Å². The van der Waals surface area contributed by atoms with Crippen molar-refractivity contribution in [2.45, 2.75) is 78.0 Å². The van der Waals surface area contributed by atoms with Crippen LogP contribution >= 0.6 is 0 Å². The molecule has 0 aromatic heterocycles. The molecule has 0 saturated carbocycles. The van der Waals surface area contributed by atoms with Gasteiger partial charge in [0.1, 0.15) is 17.7 Å². The van der Waals surface area contributed by atoms with Crippen molar-refractivity contribution in [2.24, 2.45) is 0 Å². The highest BCUT2D eigenvalue weighted by atomic mass is 16.6. The average molecular weight is 520 g/mol. The molecule has 2 N–H and O–H groups in total. The molecule has 3 amide bonds. The van der Waals surface area contributed by atoms with Crippen LogP contribution in [0.5, 0.6) is 0 Å². The third kappa shape index (κ3) is 9.59. The van der Waals surface area contributed by atoms with Crippen molar-refractivity contribution in [3.05, 3.63) is 71.3 Å². The van der Waals surface area contributed by atoms with Gasteiger partial charge in [-0.05, 0) is 57.4 Å². The number of unbranched alkanes of at least 4 members (excludes halogenated alkanes) is 2. The Kier molecular flexibility index (Phi) is 11.9. The Bertz CT molecular complexity index is 1080.